The summed E-state index contributed by atoms with van der Waals surface area (Å²) >= 11 is 0. The monoisotopic (exact) mass is 367 g/mol. The molecule has 3 aromatic rings. The van der Waals surface area contributed by atoms with Crippen molar-refractivity contribution in [2.75, 3.05) is 16.8 Å². The number of aromatic amines is 1. The highest BCUT2D eigenvalue weighted by atomic mass is 16.5. The third-order valence-electron chi connectivity index (χ3n) is 5.08. The first kappa shape index (κ1) is 16.1. The number of fused-ring (bicyclic) bond motifs is 1. The van der Waals surface area contributed by atoms with Crippen LogP contribution < -0.4 is 10.2 Å². The molecule has 9 heteroatoms. The Balaban J connectivity index is 1.51. The third kappa shape index (κ3) is 2.88. The summed E-state index contributed by atoms with van der Waals surface area (Å²) in [5.41, 5.74) is 1.99. The number of hydrogen-bond acceptors (Lipinski definition) is 7. The molecule has 1 unspecified atom stereocenters. The van der Waals surface area contributed by atoms with E-state index < -0.39 is 6.04 Å². The highest BCUT2D eigenvalue weighted by molar-refractivity contribution is 5.81. The zero-order valence-electron chi connectivity index (χ0n) is 15.2. The molecule has 0 radical (unpaired) electrons. The Morgan fingerprint density at radius 3 is 3.00 bits per heavy atom. The minimum absolute atomic E-state index is 0.207. The number of rotatable bonds is 4. The van der Waals surface area contributed by atoms with E-state index >= 15 is 0 Å². The van der Waals surface area contributed by atoms with Crippen LogP contribution >= 0.6 is 0 Å². The summed E-state index contributed by atoms with van der Waals surface area (Å²) < 4.78 is 7.07. The van der Waals surface area contributed by atoms with Gasteiger partial charge >= 0.3 is 5.97 Å². The van der Waals surface area contributed by atoms with Gasteiger partial charge in [0, 0.05) is 23.9 Å². The van der Waals surface area contributed by atoms with Gasteiger partial charge < -0.3 is 15.0 Å². The SMILES string of the molecule is CC1C(=O)O[C@@H](C)CN1c1nc(Nc2cc(C3CC3)[nH]n2)c2cccn2n1. The molecule has 2 N–H and O–H groups in total. The highest BCUT2D eigenvalue weighted by Crippen LogP contribution is 2.39. The molecule has 2 fully saturated rings. The summed E-state index contributed by atoms with van der Waals surface area (Å²) in [6, 6.07) is 5.45. The minimum Gasteiger partial charge on any atom is -0.459 e. The smallest absolute Gasteiger partial charge is 0.328 e. The average Bonchev–Trinajstić information content (AvgIpc) is 3.19. The van der Waals surface area contributed by atoms with E-state index in [1.165, 1.54) is 12.8 Å². The highest BCUT2D eigenvalue weighted by Gasteiger charge is 2.33. The number of morpholine rings is 1. The fourth-order valence-corrected chi connectivity index (χ4v) is 3.41. The quantitative estimate of drug-likeness (QED) is 0.682. The number of carbonyl (C=O) groups excluding carboxylic acids is 1. The average molecular weight is 367 g/mol. The standard InChI is InChI=1S/C18H21N7O2/c1-10-9-24(11(2)17(26)27-10)18-20-16(14-4-3-7-25(14)23-18)19-15-8-13(21-22-15)12-5-6-12/h3-4,7-8,10-12H,5-6,9H2,1-2H3,(H2,19,20,21,22,23)/t10-,11?/m0/s1. The molecule has 2 atom stereocenters. The van der Waals surface area contributed by atoms with Crippen molar-refractivity contribution in [2.45, 2.75) is 44.8 Å². The Morgan fingerprint density at radius 2 is 2.19 bits per heavy atom. The van der Waals surface area contributed by atoms with Crippen LogP contribution in [0.1, 0.15) is 38.3 Å². The minimum atomic E-state index is -0.436. The van der Waals surface area contributed by atoms with Crippen molar-refractivity contribution in [3.63, 3.8) is 0 Å². The molecule has 1 aliphatic carbocycles. The van der Waals surface area contributed by atoms with E-state index in [-0.39, 0.29) is 12.1 Å². The van der Waals surface area contributed by atoms with Gasteiger partial charge in [-0.25, -0.2) is 9.31 Å². The van der Waals surface area contributed by atoms with Crippen LogP contribution in [0.5, 0.6) is 0 Å². The van der Waals surface area contributed by atoms with Crippen LogP contribution in [-0.2, 0) is 9.53 Å². The Kier molecular flexibility index (Phi) is 3.56. The fourth-order valence-electron chi connectivity index (χ4n) is 3.41. The summed E-state index contributed by atoms with van der Waals surface area (Å²) in [7, 11) is 0. The normalized spacial score (nSPS) is 22.9. The molecule has 1 saturated heterocycles. The summed E-state index contributed by atoms with van der Waals surface area (Å²) in [6.45, 7) is 4.22. The topological polar surface area (TPSA) is 100 Å². The van der Waals surface area contributed by atoms with Gasteiger partial charge in [0.05, 0.1) is 6.54 Å². The summed E-state index contributed by atoms with van der Waals surface area (Å²) in [5, 5.41) is 15.3. The van der Waals surface area contributed by atoms with Gasteiger partial charge in [-0.1, -0.05) is 0 Å². The molecular weight excluding hydrogens is 346 g/mol. The van der Waals surface area contributed by atoms with Gasteiger partial charge in [-0.3, -0.25) is 5.10 Å². The predicted octanol–water partition coefficient (Wildman–Crippen LogP) is 2.21. The van der Waals surface area contributed by atoms with Crippen molar-refractivity contribution >= 4 is 29.1 Å². The van der Waals surface area contributed by atoms with Gasteiger partial charge in [0.1, 0.15) is 17.7 Å². The Bertz CT molecular complexity index is 1010. The van der Waals surface area contributed by atoms with Gasteiger partial charge in [0.15, 0.2) is 11.6 Å². The maximum absolute atomic E-state index is 12.1. The number of anilines is 3. The van der Waals surface area contributed by atoms with Crippen LogP contribution in [0.15, 0.2) is 24.4 Å². The van der Waals surface area contributed by atoms with Gasteiger partial charge in [0.2, 0.25) is 5.95 Å². The summed E-state index contributed by atoms with van der Waals surface area (Å²) in [4.78, 5) is 18.7. The number of nitrogens with one attached hydrogen (secondary N) is 2. The van der Waals surface area contributed by atoms with Gasteiger partial charge in [0.25, 0.3) is 0 Å². The molecule has 27 heavy (non-hydrogen) atoms. The van der Waals surface area contributed by atoms with Gasteiger partial charge in [-0.15, -0.1) is 5.10 Å². The second-order valence-corrected chi connectivity index (χ2v) is 7.28. The number of ether oxygens (including phenoxy) is 1. The zero-order valence-corrected chi connectivity index (χ0v) is 15.2. The van der Waals surface area contributed by atoms with Crippen LogP contribution in [0, 0.1) is 0 Å². The van der Waals surface area contributed by atoms with E-state index in [0.717, 1.165) is 17.0 Å². The van der Waals surface area contributed by atoms with Crippen LogP contribution in [0.4, 0.5) is 17.6 Å². The van der Waals surface area contributed by atoms with E-state index in [4.69, 9.17) is 9.72 Å². The third-order valence-corrected chi connectivity index (χ3v) is 5.08. The van der Waals surface area contributed by atoms with E-state index in [0.29, 0.717) is 24.2 Å². The largest absolute Gasteiger partial charge is 0.459 e. The van der Waals surface area contributed by atoms with Crippen LogP contribution in [0.2, 0.25) is 0 Å². The molecule has 0 spiro atoms. The van der Waals surface area contributed by atoms with Crippen molar-refractivity contribution < 1.29 is 9.53 Å². The number of aromatic nitrogens is 5. The van der Waals surface area contributed by atoms with Crippen molar-refractivity contribution in [3.05, 3.63) is 30.1 Å². The number of H-pyrrole nitrogens is 1. The first-order valence-corrected chi connectivity index (χ1v) is 9.23. The van der Waals surface area contributed by atoms with E-state index in [9.17, 15) is 4.79 Å². The summed E-state index contributed by atoms with van der Waals surface area (Å²) in [5.74, 6) is 2.20. The number of esters is 1. The maximum Gasteiger partial charge on any atom is 0.328 e. The molecule has 4 heterocycles. The van der Waals surface area contributed by atoms with E-state index in [1.54, 1.807) is 11.4 Å². The molecule has 3 aromatic heterocycles. The molecule has 5 rings (SSSR count). The van der Waals surface area contributed by atoms with Crippen molar-refractivity contribution in [2.24, 2.45) is 0 Å². The predicted molar refractivity (Wildman–Crippen MR) is 99.2 cm³/mol. The number of nitrogens with zero attached hydrogens (tertiary/aromatic N) is 5. The lowest BCUT2D eigenvalue weighted by Gasteiger charge is -2.35. The van der Waals surface area contributed by atoms with E-state index in [1.807, 2.05) is 36.2 Å². The van der Waals surface area contributed by atoms with E-state index in [2.05, 4.69) is 20.6 Å². The molecule has 0 aromatic carbocycles. The zero-order chi connectivity index (χ0) is 18.5. The second kappa shape index (κ2) is 5.97. The van der Waals surface area contributed by atoms with Gasteiger partial charge in [-0.2, -0.15) is 10.1 Å². The number of cyclic esters (lactones) is 1. The molecule has 1 saturated carbocycles. The Hall–Kier alpha value is -3.10. The molecule has 1 aliphatic heterocycles. The van der Waals surface area contributed by atoms with Crippen LogP contribution in [0.25, 0.3) is 5.52 Å². The lowest BCUT2D eigenvalue weighted by Crippen LogP contribution is -2.51. The first-order chi connectivity index (χ1) is 13.1. The van der Waals surface area contributed by atoms with Crippen LogP contribution in [-0.4, -0.2) is 49.5 Å². The fraction of sp³-hybridized carbons (Fsp3) is 0.444. The van der Waals surface area contributed by atoms with Crippen molar-refractivity contribution in [1.29, 1.82) is 0 Å². The Labute approximate surface area is 155 Å². The molecule has 2 aliphatic rings. The molecular formula is C18H21N7O2. The Morgan fingerprint density at radius 1 is 1.33 bits per heavy atom. The lowest BCUT2D eigenvalue weighted by atomic mass is 10.2. The molecule has 140 valence electrons. The molecule has 0 bridgehead atoms. The van der Waals surface area contributed by atoms with Crippen LogP contribution in [0.3, 0.4) is 0 Å². The second-order valence-electron chi connectivity index (χ2n) is 7.28. The maximum atomic E-state index is 12.1. The van der Waals surface area contributed by atoms with Crippen molar-refractivity contribution in [1.82, 2.24) is 24.8 Å². The first-order valence-electron chi connectivity index (χ1n) is 9.23. The lowest BCUT2D eigenvalue weighted by molar-refractivity contribution is -0.152. The number of hydrogen-bond donors (Lipinski definition) is 2. The molecule has 9 nitrogen and oxygen atoms in total. The number of carbonyl (C=O) groups is 1. The molecule has 0 amide bonds. The van der Waals surface area contributed by atoms with Crippen molar-refractivity contribution in [3.8, 4) is 0 Å². The summed E-state index contributed by atoms with van der Waals surface area (Å²) in [6.07, 6.45) is 4.08. The van der Waals surface area contributed by atoms with Gasteiger partial charge in [-0.05, 0) is 38.8 Å².